The standard InChI is InChI=1S/C25H26N2O2/c1-18(13-20-9-5-3-6-10-20)24-16-22(28-26-24)15-23-17-25(27-29-23)19(2)14-21-11-7-4-8-12-21/h3-14,22-23H,15-17H2,1-2H3/b18-13+,19-14+/t22-,23+. The van der Waals surface area contributed by atoms with Crippen LogP contribution in [0.15, 0.2) is 82.1 Å². The van der Waals surface area contributed by atoms with E-state index in [2.05, 4.69) is 60.6 Å². The molecule has 0 N–H and O–H groups in total. The number of oxime groups is 2. The lowest BCUT2D eigenvalue weighted by molar-refractivity contribution is 0.0123. The van der Waals surface area contributed by atoms with Crippen molar-refractivity contribution in [3.8, 4) is 0 Å². The zero-order valence-corrected chi connectivity index (χ0v) is 16.9. The van der Waals surface area contributed by atoms with Crippen molar-refractivity contribution < 1.29 is 9.68 Å². The topological polar surface area (TPSA) is 43.2 Å². The van der Waals surface area contributed by atoms with E-state index in [-0.39, 0.29) is 12.2 Å². The smallest absolute Gasteiger partial charge is 0.136 e. The Morgan fingerprint density at radius 1 is 0.759 bits per heavy atom. The van der Waals surface area contributed by atoms with Crippen LogP contribution in [0.1, 0.15) is 44.2 Å². The quantitative estimate of drug-likeness (QED) is 0.623. The molecule has 0 spiro atoms. The predicted octanol–water partition coefficient (Wildman–Crippen LogP) is 5.87. The highest BCUT2D eigenvalue weighted by atomic mass is 16.7. The van der Waals surface area contributed by atoms with Crippen LogP contribution in [0.2, 0.25) is 0 Å². The number of hydrogen-bond acceptors (Lipinski definition) is 4. The lowest BCUT2D eigenvalue weighted by Gasteiger charge is -2.12. The highest BCUT2D eigenvalue weighted by Gasteiger charge is 2.30. The minimum Gasteiger partial charge on any atom is -0.392 e. The van der Waals surface area contributed by atoms with Crippen LogP contribution in [0.25, 0.3) is 12.2 Å². The van der Waals surface area contributed by atoms with Crippen molar-refractivity contribution in [3.63, 3.8) is 0 Å². The largest absolute Gasteiger partial charge is 0.392 e. The number of benzene rings is 2. The van der Waals surface area contributed by atoms with Crippen molar-refractivity contribution >= 4 is 23.6 Å². The van der Waals surface area contributed by atoms with Crippen LogP contribution >= 0.6 is 0 Å². The fraction of sp³-hybridized carbons (Fsp3) is 0.280. The van der Waals surface area contributed by atoms with E-state index < -0.39 is 0 Å². The highest BCUT2D eigenvalue weighted by molar-refractivity contribution is 6.04. The molecule has 29 heavy (non-hydrogen) atoms. The molecular formula is C25H26N2O2. The molecule has 0 radical (unpaired) electrons. The first-order chi connectivity index (χ1) is 14.2. The number of allylic oxidation sites excluding steroid dienone is 2. The average Bonchev–Trinajstić information content (AvgIpc) is 3.40. The number of rotatable bonds is 6. The molecule has 0 amide bonds. The van der Waals surface area contributed by atoms with Gasteiger partial charge >= 0.3 is 0 Å². The Labute approximate surface area is 172 Å². The second-order valence-corrected chi connectivity index (χ2v) is 7.65. The van der Waals surface area contributed by atoms with Crippen molar-refractivity contribution in [3.05, 3.63) is 82.9 Å². The van der Waals surface area contributed by atoms with E-state index in [9.17, 15) is 0 Å². The maximum Gasteiger partial charge on any atom is 0.136 e. The van der Waals surface area contributed by atoms with Crippen LogP contribution in [0.5, 0.6) is 0 Å². The molecule has 0 saturated heterocycles. The molecule has 0 bridgehead atoms. The Morgan fingerprint density at radius 2 is 1.17 bits per heavy atom. The van der Waals surface area contributed by atoms with Crippen LogP contribution in [-0.4, -0.2) is 23.6 Å². The minimum atomic E-state index is 0.0436. The molecule has 2 heterocycles. The maximum atomic E-state index is 5.68. The first-order valence-electron chi connectivity index (χ1n) is 10.1. The van der Waals surface area contributed by atoms with Crippen LogP contribution in [0, 0.1) is 0 Å². The summed E-state index contributed by atoms with van der Waals surface area (Å²) < 4.78 is 0. The first-order valence-corrected chi connectivity index (χ1v) is 10.1. The molecule has 2 aromatic rings. The van der Waals surface area contributed by atoms with Gasteiger partial charge < -0.3 is 9.68 Å². The average molecular weight is 386 g/mol. The van der Waals surface area contributed by atoms with Crippen molar-refractivity contribution in [1.82, 2.24) is 0 Å². The maximum absolute atomic E-state index is 5.68. The zero-order chi connectivity index (χ0) is 20.1. The van der Waals surface area contributed by atoms with Crippen LogP contribution < -0.4 is 0 Å². The van der Waals surface area contributed by atoms with E-state index >= 15 is 0 Å². The molecule has 4 heteroatoms. The lowest BCUT2D eigenvalue weighted by atomic mass is 9.97. The Balaban J connectivity index is 1.29. The molecule has 0 aromatic heterocycles. The third kappa shape index (κ3) is 5.02. The van der Waals surface area contributed by atoms with Gasteiger partial charge in [0.2, 0.25) is 0 Å². The zero-order valence-electron chi connectivity index (χ0n) is 16.9. The normalized spacial score (nSPS) is 22.0. The molecular weight excluding hydrogens is 360 g/mol. The van der Waals surface area contributed by atoms with Gasteiger partial charge in [-0.15, -0.1) is 0 Å². The molecule has 0 fully saturated rings. The van der Waals surface area contributed by atoms with Crippen molar-refractivity contribution in [1.29, 1.82) is 0 Å². The van der Waals surface area contributed by atoms with Gasteiger partial charge in [-0.1, -0.05) is 83.1 Å². The Morgan fingerprint density at radius 3 is 1.59 bits per heavy atom. The van der Waals surface area contributed by atoms with E-state index in [1.54, 1.807) is 0 Å². The molecule has 2 atom stereocenters. The van der Waals surface area contributed by atoms with Gasteiger partial charge in [0, 0.05) is 19.3 Å². The molecule has 0 unspecified atom stereocenters. The van der Waals surface area contributed by atoms with Crippen LogP contribution in [0.3, 0.4) is 0 Å². The van der Waals surface area contributed by atoms with Gasteiger partial charge in [0.05, 0.1) is 11.4 Å². The van der Waals surface area contributed by atoms with E-state index in [1.807, 2.05) is 36.4 Å². The number of hydrogen-bond donors (Lipinski definition) is 0. The SMILES string of the molecule is C/C(=C\c1ccccc1)C1=NO[C@@H](C[C@@H]2CC(/C(C)=C/c3ccccc3)=NO2)C1. The summed E-state index contributed by atoms with van der Waals surface area (Å²) >= 11 is 0. The van der Waals surface area contributed by atoms with Gasteiger partial charge in [0.15, 0.2) is 0 Å². The van der Waals surface area contributed by atoms with E-state index in [0.29, 0.717) is 0 Å². The van der Waals surface area contributed by atoms with Gasteiger partial charge in [0.1, 0.15) is 12.2 Å². The molecule has 2 aliphatic heterocycles. The Hall–Kier alpha value is -3.14. The monoisotopic (exact) mass is 386 g/mol. The summed E-state index contributed by atoms with van der Waals surface area (Å²) in [6.45, 7) is 4.17. The third-order valence-corrected chi connectivity index (χ3v) is 5.27. The van der Waals surface area contributed by atoms with E-state index in [1.165, 1.54) is 11.1 Å². The van der Waals surface area contributed by atoms with Gasteiger partial charge in [-0.3, -0.25) is 0 Å². The van der Waals surface area contributed by atoms with E-state index in [0.717, 1.165) is 41.8 Å². The Bertz CT molecular complexity index is 879. The third-order valence-electron chi connectivity index (χ3n) is 5.27. The summed E-state index contributed by atoms with van der Waals surface area (Å²) in [7, 11) is 0. The summed E-state index contributed by atoms with van der Waals surface area (Å²) in [5.41, 5.74) is 6.66. The first kappa shape index (κ1) is 19.2. The molecule has 4 nitrogen and oxygen atoms in total. The summed E-state index contributed by atoms with van der Waals surface area (Å²) in [6, 6.07) is 20.6. The van der Waals surface area contributed by atoms with Gasteiger partial charge in [-0.2, -0.15) is 0 Å². The minimum absolute atomic E-state index is 0.0436. The van der Waals surface area contributed by atoms with Crippen molar-refractivity contribution in [2.24, 2.45) is 10.3 Å². The lowest BCUT2D eigenvalue weighted by Crippen LogP contribution is -2.19. The summed E-state index contributed by atoms with van der Waals surface area (Å²) in [4.78, 5) is 11.4. The van der Waals surface area contributed by atoms with Gasteiger partial charge in [-0.25, -0.2) is 0 Å². The fourth-order valence-electron chi connectivity index (χ4n) is 3.63. The van der Waals surface area contributed by atoms with Gasteiger partial charge in [-0.05, 0) is 36.1 Å². The summed E-state index contributed by atoms with van der Waals surface area (Å²) in [5.74, 6) is 0. The summed E-state index contributed by atoms with van der Waals surface area (Å²) in [5, 5.41) is 8.62. The van der Waals surface area contributed by atoms with Crippen molar-refractivity contribution in [2.45, 2.75) is 45.3 Å². The second-order valence-electron chi connectivity index (χ2n) is 7.65. The second kappa shape index (κ2) is 8.91. The molecule has 0 saturated carbocycles. The highest BCUT2D eigenvalue weighted by Crippen LogP contribution is 2.26. The predicted molar refractivity (Wildman–Crippen MR) is 119 cm³/mol. The van der Waals surface area contributed by atoms with Crippen LogP contribution in [0.4, 0.5) is 0 Å². The van der Waals surface area contributed by atoms with Crippen molar-refractivity contribution in [2.75, 3.05) is 0 Å². The fourth-order valence-corrected chi connectivity index (χ4v) is 3.63. The van der Waals surface area contributed by atoms with Crippen LogP contribution in [-0.2, 0) is 9.68 Å². The molecule has 2 aliphatic rings. The molecule has 148 valence electrons. The molecule has 4 rings (SSSR count). The number of nitrogens with zero attached hydrogens (tertiary/aromatic N) is 2. The summed E-state index contributed by atoms with van der Waals surface area (Å²) in [6.07, 6.45) is 6.79. The van der Waals surface area contributed by atoms with Gasteiger partial charge in [0.25, 0.3) is 0 Å². The molecule has 0 aliphatic carbocycles. The Kier molecular flexibility index (Phi) is 5.89. The van der Waals surface area contributed by atoms with E-state index in [4.69, 9.17) is 9.68 Å². The molecule has 2 aromatic carbocycles.